The zero-order valence-electron chi connectivity index (χ0n) is 23.4. The van der Waals surface area contributed by atoms with E-state index < -0.39 is 59.0 Å². The number of benzene rings is 2. The number of nitrogens with one attached hydrogen (secondary N) is 2. The zero-order chi connectivity index (χ0) is 30.2. The van der Waals surface area contributed by atoms with Gasteiger partial charge in [-0.05, 0) is 57.0 Å². The highest BCUT2D eigenvalue weighted by atomic mass is 19.1. The summed E-state index contributed by atoms with van der Waals surface area (Å²) in [6.45, 7) is 4.94. The van der Waals surface area contributed by atoms with Crippen molar-refractivity contribution in [2.75, 3.05) is 26.0 Å². The van der Waals surface area contributed by atoms with Gasteiger partial charge in [0.15, 0.2) is 11.4 Å². The van der Waals surface area contributed by atoms with E-state index in [1.54, 1.807) is 26.0 Å². The number of amides is 2. The minimum Gasteiger partial charge on any atom is -0.507 e. The molecule has 5 atom stereocenters. The second kappa shape index (κ2) is 11.0. The first-order chi connectivity index (χ1) is 18.5. The van der Waals surface area contributed by atoms with Gasteiger partial charge in [0.25, 0.3) is 0 Å². The highest BCUT2D eigenvalue weighted by molar-refractivity contribution is 5.95. The number of aliphatic hydroxyl groups is 2. The number of ether oxygens (including phenoxy) is 1. The summed E-state index contributed by atoms with van der Waals surface area (Å²) in [4.78, 5) is 39.0. The van der Waals surface area contributed by atoms with Gasteiger partial charge in [0.2, 0.25) is 0 Å². The molecule has 2 aromatic carbocycles. The molecule has 2 amide bonds. The number of aromatic hydroxyl groups is 1. The van der Waals surface area contributed by atoms with Crippen LogP contribution in [0.1, 0.15) is 53.5 Å². The molecule has 0 radical (unpaired) electrons. The number of esters is 1. The smallest absolute Gasteiger partial charge is 0.342 e. The van der Waals surface area contributed by atoms with E-state index in [2.05, 4.69) is 10.6 Å². The molecule has 5 unspecified atom stereocenters. The first kappa shape index (κ1) is 30.8. The number of ketones is 1. The van der Waals surface area contributed by atoms with E-state index in [4.69, 9.17) is 10.5 Å². The summed E-state index contributed by atoms with van der Waals surface area (Å²) in [5.41, 5.74) is 0.780. The number of Topliss-reactive ketones (excluding diaryl/α,β-unsaturated/α-hetero) is 1. The van der Waals surface area contributed by atoms with Gasteiger partial charge in [0.1, 0.15) is 29.3 Å². The predicted octanol–water partition coefficient (Wildman–Crippen LogP) is 1.92. The Morgan fingerprint density at radius 3 is 2.38 bits per heavy atom. The topological polar surface area (TPSA) is 174 Å². The molecule has 1 aliphatic rings. The average Bonchev–Trinajstić information content (AvgIpc) is 2.98. The maximum absolute atomic E-state index is 14.4. The van der Waals surface area contributed by atoms with Crippen LogP contribution in [0, 0.1) is 12.7 Å². The van der Waals surface area contributed by atoms with Crippen molar-refractivity contribution in [1.82, 2.24) is 10.2 Å². The van der Waals surface area contributed by atoms with E-state index >= 15 is 0 Å². The number of anilines is 1. The monoisotopic (exact) mass is 560 g/mol. The Bertz CT molecular complexity index is 1300. The van der Waals surface area contributed by atoms with Crippen molar-refractivity contribution in [3.63, 3.8) is 0 Å². The average molecular weight is 561 g/mol. The normalized spacial score (nSPS) is 27.6. The molecule has 1 aliphatic carbocycles. The number of halogens is 1. The van der Waals surface area contributed by atoms with Crippen molar-refractivity contribution in [2.45, 2.75) is 62.9 Å². The number of carbonyl (C=O) groups excluding carboxylic acids is 3. The quantitative estimate of drug-likeness (QED) is 0.208. The van der Waals surface area contributed by atoms with Crippen LogP contribution >= 0.6 is 0 Å². The van der Waals surface area contributed by atoms with Gasteiger partial charge < -0.3 is 41.3 Å². The van der Waals surface area contributed by atoms with E-state index in [-0.39, 0.29) is 29.0 Å². The number of rotatable bonds is 8. The summed E-state index contributed by atoms with van der Waals surface area (Å²) in [7, 11) is 2.98. The van der Waals surface area contributed by atoms with Crippen LogP contribution in [0.25, 0.3) is 0 Å². The molecule has 1 saturated carbocycles. The summed E-state index contributed by atoms with van der Waals surface area (Å²) < 4.78 is 19.9. The van der Waals surface area contributed by atoms with Gasteiger partial charge in [0.05, 0.1) is 17.6 Å². The van der Waals surface area contributed by atoms with Crippen LogP contribution in [0.15, 0.2) is 36.4 Å². The number of urea groups is 1. The Balaban J connectivity index is 2.12. The maximum atomic E-state index is 14.4. The maximum Gasteiger partial charge on any atom is 0.342 e. The van der Waals surface area contributed by atoms with Crippen molar-refractivity contribution in [1.29, 1.82) is 0 Å². The van der Waals surface area contributed by atoms with Gasteiger partial charge in [0, 0.05) is 25.3 Å². The second-order valence-electron chi connectivity index (χ2n) is 10.6. The van der Waals surface area contributed by atoms with Gasteiger partial charge >= 0.3 is 12.0 Å². The van der Waals surface area contributed by atoms with Gasteiger partial charge in [-0.3, -0.25) is 4.79 Å². The number of aryl methyl sites for hydroxylation is 1. The predicted molar refractivity (Wildman–Crippen MR) is 146 cm³/mol. The lowest BCUT2D eigenvalue weighted by Gasteiger charge is -2.46. The molecule has 11 nitrogen and oxygen atoms in total. The number of hydrogen-bond donors (Lipinski definition) is 6. The highest BCUT2D eigenvalue weighted by Crippen LogP contribution is 2.49. The number of hydrogen-bond acceptors (Lipinski definition) is 9. The van der Waals surface area contributed by atoms with Crippen LogP contribution in [0.5, 0.6) is 5.75 Å². The summed E-state index contributed by atoms with van der Waals surface area (Å²) in [6, 6.07) is 4.76. The molecule has 0 bridgehead atoms. The number of phenols is 1. The molecule has 0 heterocycles. The summed E-state index contributed by atoms with van der Waals surface area (Å²) in [6.07, 6.45) is 0.0373. The molecular weight excluding hydrogens is 523 g/mol. The van der Waals surface area contributed by atoms with Crippen LogP contribution in [0.3, 0.4) is 0 Å². The van der Waals surface area contributed by atoms with Gasteiger partial charge in [-0.1, -0.05) is 19.1 Å². The Morgan fingerprint density at radius 2 is 1.82 bits per heavy atom. The van der Waals surface area contributed by atoms with Crippen LogP contribution < -0.4 is 16.4 Å². The van der Waals surface area contributed by atoms with Crippen LogP contribution in [-0.4, -0.2) is 87.5 Å². The lowest BCUT2D eigenvalue weighted by molar-refractivity contribution is -0.172. The molecule has 0 saturated heterocycles. The van der Waals surface area contributed by atoms with Gasteiger partial charge in [-0.15, -0.1) is 0 Å². The molecule has 0 aliphatic heterocycles. The molecule has 12 heteroatoms. The fraction of sp³-hybridized carbons (Fsp3) is 0.464. The molecular formula is C28H37FN4O7. The Morgan fingerprint density at radius 1 is 1.18 bits per heavy atom. The van der Waals surface area contributed by atoms with Crippen LogP contribution in [0.2, 0.25) is 0 Å². The molecule has 7 N–H and O–H groups in total. The number of carbonyl (C=O) groups is 3. The fourth-order valence-electron chi connectivity index (χ4n) is 5.43. The zero-order valence-corrected chi connectivity index (χ0v) is 23.4. The van der Waals surface area contributed by atoms with E-state index in [1.807, 2.05) is 0 Å². The standard InChI is InChI=1S/C28H37FN4O7/c1-7-27(32-25(37)33(5)6)22(30)23(31-19-12-17(16(3)34)11-18(29)13-19)28(39,26(27,4)38)14-40-24(36)21-15(2)9-8-10-20(21)35/h8-13,22-23,31,35,38-39H,7,14,30H2,1-6H3,(H,32,37). The lowest BCUT2D eigenvalue weighted by atomic mass is 9.74. The van der Waals surface area contributed by atoms with Crippen molar-refractivity contribution >= 4 is 23.5 Å². The van der Waals surface area contributed by atoms with E-state index in [0.29, 0.717) is 5.56 Å². The van der Waals surface area contributed by atoms with Crippen molar-refractivity contribution in [3.05, 3.63) is 58.9 Å². The van der Waals surface area contributed by atoms with E-state index in [1.165, 1.54) is 45.0 Å². The molecule has 0 aromatic heterocycles. The van der Waals surface area contributed by atoms with Crippen molar-refractivity contribution in [2.24, 2.45) is 5.73 Å². The third-order valence-electron chi connectivity index (χ3n) is 7.95. The van der Waals surface area contributed by atoms with Crippen LogP contribution in [0.4, 0.5) is 14.9 Å². The molecule has 218 valence electrons. The Labute approximate surface area is 232 Å². The highest BCUT2D eigenvalue weighted by Gasteiger charge is 2.74. The molecule has 3 rings (SSSR count). The number of phenolic OH excluding ortho intramolecular Hbond substituents is 1. The Kier molecular flexibility index (Phi) is 8.49. The first-order valence-electron chi connectivity index (χ1n) is 12.8. The van der Waals surface area contributed by atoms with Gasteiger partial charge in [-0.2, -0.15) is 0 Å². The molecule has 1 fully saturated rings. The minimum absolute atomic E-state index is 0.0373. The van der Waals surface area contributed by atoms with Crippen molar-refractivity contribution in [3.8, 4) is 5.75 Å². The Hall–Kier alpha value is -3.74. The summed E-state index contributed by atoms with van der Waals surface area (Å²) in [5.74, 6) is -2.45. The fourth-order valence-corrected chi connectivity index (χ4v) is 5.43. The molecule has 2 aromatic rings. The van der Waals surface area contributed by atoms with Crippen LogP contribution in [-0.2, 0) is 4.74 Å². The third kappa shape index (κ3) is 5.09. The minimum atomic E-state index is -2.38. The van der Waals surface area contributed by atoms with Crippen molar-refractivity contribution < 1.29 is 38.8 Å². The van der Waals surface area contributed by atoms with E-state index in [9.17, 15) is 34.1 Å². The third-order valence-corrected chi connectivity index (χ3v) is 7.95. The number of nitrogens with zero attached hydrogens (tertiary/aromatic N) is 1. The van der Waals surface area contributed by atoms with Gasteiger partial charge in [-0.25, -0.2) is 14.0 Å². The summed E-state index contributed by atoms with van der Waals surface area (Å²) in [5, 5.41) is 40.0. The molecule has 0 spiro atoms. The number of nitrogens with two attached hydrogens (primary N) is 1. The molecule has 40 heavy (non-hydrogen) atoms. The summed E-state index contributed by atoms with van der Waals surface area (Å²) >= 11 is 0. The second-order valence-corrected chi connectivity index (χ2v) is 10.6. The van der Waals surface area contributed by atoms with E-state index in [0.717, 1.165) is 12.1 Å². The SMILES string of the molecule is CCC1(NC(=O)N(C)C)C(N)C(Nc2cc(F)cc(C(C)=O)c2)C(O)(COC(=O)c2c(C)cccc2O)C1(C)O. The lowest BCUT2D eigenvalue weighted by Crippen LogP contribution is -2.72. The first-order valence-corrected chi connectivity index (χ1v) is 12.8. The largest absolute Gasteiger partial charge is 0.507 e.